The van der Waals surface area contributed by atoms with Gasteiger partial charge in [-0.25, -0.2) is 4.79 Å². The highest BCUT2D eigenvalue weighted by Gasteiger charge is 2.09. The van der Waals surface area contributed by atoms with Gasteiger partial charge in [0.05, 0.1) is 13.1 Å². The van der Waals surface area contributed by atoms with Crippen molar-refractivity contribution in [3.8, 4) is 11.8 Å². The van der Waals surface area contributed by atoms with E-state index < -0.39 is 0 Å². The first-order chi connectivity index (χ1) is 10.2. The van der Waals surface area contributed by atoms with Crippen LogP contribution in [0.25, 0.3) is 0 Å². The van der Waals surface area contributed by atoms with E-state index in [0.29, 0.717) is 13.1 Å². The summed E-state index contributed by atoms with van der Waals surface area (Å²) in [5.41, 5.74) is 2.18. The number of aryl methyl sites for hydroxylation is 1. The Morgan fingerprint density at radius 1 is 1.29 bits per heavy atom. The zero-order valence-corrected chi connectivity index (χ0v) is 13.0. The minimum Gasteiger partial charge on any atom is -0.327 e. The normalized spacial score (nSPS) is 9.62. The summed E-state index contributed by atoms with van der Waals surface area (Å²) in [5.74, 6) is 5.96. The molecule has 21 heavy (non-hydrogen) atoms. The molecule has 0 unspecified atom stereocenters. The number of amides is 2. The number of hydrogen-bond acceptors (Lipinski definition) is 2. The van der Waals surface area contributed by atoms with E-state index in [1.54, 1.807) is 23.3 Å². The van der Waals surface area contributed by atoms with Gasteiger partial charge in [0, 0.05) is 17.5 Å². The molecule has 0 bridgehead atoms. The standard InChI is InChI=1S/C17H18N2OS/c1-14-10-12-21-16(14)13-19(2)17(20)18-11-6-9-15-7-4-3-5-8-15/h3-5,7-8,10,12H,11,13H2,1-2H3,(H,18,20). The lowest BCUT2D eigenvalue weighted by Crippen LogP contribution is -2.36. The van der Waals surface area contributed by atoms with Crippen molar-refractivity contribution in [1.29, 1.82) is 0 Å². The Labute approximate surface area is 129 Å². The molecular weight excluding hydrogens is 280 g/mol. The number of hydrogen-bond donors (Lipinski definition) is 1. The van der Waals surface area contributed by atoms with Crippen LogP contribution in [0.3, 0.4) is 0 Å². The molecule has 0 fully saturated rings. The molecule has 3 nitrogen and oxygen atoms in total. The van der Waals surface area contributed by atoms with E-state index in [4.69, 9.17) is 0 Å². The number of nitrogens with one attached hydrogen (secondary N) is 1. The molecule has 108 valence electrons. The van der Waals surface area contributed by atoms with E-state index in [2.05, 4.69) is 30.1 Å². The van der Waals surface area contributed by atoms with Crippen LogP contribution in [0.15, 0.2) is 41.8 Å². The number of nitrogens with zero attached hydrogens (tertiary/aromatic N) is 1. The fourth-order valence-electron chi connectivity index (χ4n) is 1.78. The number of thiophene rings is 1. The molecule has 4 heteroatoms. The molecule has 0 spiro atoms. The van der Waals surface area contributed by atoms with Crippen LogP contribution in [0.2, 0.25) is 0 Å². The second-order valence-electron chi connectivity index (χ2n) is 4.71. The van der Waals surface area contributed by atoms with Gasteiger partial charge in [0.25, 0.3) is 0 Å². The highest BCUT2D eigenvalue weighted by atomic mass is 32.1. The average Bonchev–Trinajstić information content (AvgIpc) is 2.89. The Morgan fingerprint density at radius 2 is 2.05 bits per heavy atom. The lowest BCUT2D eigenvalue weighted by Gasteiger charge is -2.16. The molecule has 0 aliphatic heterocycles. The van der Waals surface area contributed by atoms with Gasteiger partial charge in [0.1, 0.15) is 0 Å². The second-order valence-corrected chi connectivity index (χ2v) is 5.71. The summed E-state index contributed by atoms with van der Waals surface area (Å²) in [5, 5.41) is 4.85. The Morgan fingerprint density at radius 3 is 2.71 bits per heavy atom. The summed E-state index contributed by atoms with van der Waals surface area (Å²) < 4.78 is 0. The molecule has 0 atom stereocenters. The van der Waals surface area contributed by atoms with Crippen LogP contribution in [0, 0.1) is 18.8 Å². The molecule has 1 aromatic carbocycles. The summed E-state index contributed by atoms with van der Waals surface area (Å²) in [6.45, 7) is 3.03. The van der Waals surface area contributed by atoms with Crippen molar-refractivity contribution in [2.24, 2.45) is 0 Å². The van der Waals surface area contributed by atoms with Crippen molar-refractivity contribution in [2.45, 2.75) is 13.5 Å². The van der Waals surface area contributed by atoms with Crippen LogP contribution in [0.4, 0.5) is 4.79 Å². The van der Waals surface area contributed by atoms with Gasteiger partial charge in [-0.1, -0.05) is 30.0 Å². The van der Waals surface area contributed by atoms with Crippen LogP contribution in [-0.4, -0.2) is 24.5 Å². The molecule has 0 saturated heterocycles. The van der Waals surface area contributed by atoms with Gasteiger partial charge in [0.2, 0.25) is 0 Å². The average molecular weight is 298 g/mol. The van der Waals surface area contributed by atoms with Crippen LogP contribution in [0.5, 0.6) is 0 Å². The van der Waals surface area contributed by atoms with Gasteiger partial charge in [-0.3, -0.25) is 0 Å². The van der Waals surface area contributed by atoms with Gasteiger partial charge < -0.3 is 10.2 Å². The SMILES string of the molecule is Cc1ccsc1CN(C)C(=O)NCC#Cc1ccccc1. The third kappa shape index (κ3) is 4.66. The molecule has 2 rings (SSSR count). The molecule has 2 aromatic rings. The van der Waals surface area contributed by atoms with Gasteiger partial charge in [-0.15, -0.1) is 11.3 Å². The van der Waals surface area contributed by atoms with Gasteiger partial charge in [0.15, 0.2) is 0 Å². The Bertz CT molecular complexity index is 652. The summed E-state index contributed by atoms with van der Waals surface area (Å²) >= 11 is 1.67. The van der Waals surface area contributed by atoms with Crippen molar-refractivity contribution in [2.75, 3.05) is 13.6 Å². The maximum absolute atomic E-state index is 11.9. The molecule has 0 aliphatic carbocycles. The lowest BCUT2D eigenvalue weighted by atomic mass is 10.2. The van der Waals surface area contributed by atoms with Crippen molar-refractivity contribution < 1.29 is 4.79 Å². The van der Waals surface area contributed by atoms with Crippen molar-refractivity contribution in [1.82, 2.24) is 10.2 Å². The Hall–Kier alpha value is -2.25. The third-order valence-corrected chi connectivity index (χ3v) is 4.04. The second kappa shape index (κ2) is 7.51. The van der Waals surface area contributed by atoms with Crippen LogP contribution in [-0.2, 0) is 6.54 Å². The molecule has 2 amide bonds. The largest absolute Gasteiger partial charge is 0.327 e. The van der Waals surface area contributed by atoms with Gasteiger partial charge in [-0.05, 0) is 36.1 Å². The first-order valence-electron chi connectivity index (χ1n) is 6.72. The van der Waals surface area contributed by atoms with Crippen LogP contribution in [0.1, 0.15) is 16.0 Å². The van der Waals surface area contributed by atoms with E-state index in [1.807, 2.05) is 35.7 Å². The van der Waals surface area contributed by atoms with E-state index in [9.17, 15) is 4.79 Å². The van der Waals surface area contributed by atoms with Crippen molar-refractivity contribution in [3.05, 3.63) is 57.8 Å². The van der Waals surface area contributed by atoms with E-state index in [1.165, 1.54) is 10.4 Å². The number of rotatable bonds is 3. The molecule has 0 radical (unpaired) electrons. The topological polar surface area (TPSA) is 32.3 Å². The lowest BCUT2D eigenvalue weighted by molar-refractivity contribution is 0.208. The molecular formula is C17H18N2OS. The highest BCUT2D eigenvalue weighted by Crippen LogP contribution is 2.17. The summed E-state index contributed by atoms with van der Waals surface area (Å²) in [7, 11) is 1.79. The fraction of sp³-hybridized carbons (Fsp3) is 0.235. The predicted octanol–water partition coefficient (Wildman–Crippen LogP) is 3.25. The number of benzene rings is 1. The molecule has 1 aromatic heterocycles. The number of urea groups is 1. The first kappa shape index (κ1) is 15.1. The minimum atomic E-state index is -0.106. The summed E-state index contributed by atoms with van der Waals surface area (Å²) in [4.78, 5) is 14.8. The summed E-state index contributed by atoms with van der Waals surface area (Å²) in [6.07, 6.45) is 0. The zero-order chi connectivity index (χ0) is 15.1. The Kier molecular flexibility index (Phi) is 5.42. The minimum absolute atomic E-state index is 0.106. The predicted molar refractivity (Wildman–Crippen MR) is 87.2 cm³/mol. The smallest absolute Gasteiger partial charge is 0.318 e. The van der Waals surface area contributed by atoms with Crippen LogP contribution < -0.4 is 5.32 Å². The van der Waals surface area contributed by atoms with Crippen molar-refractivity contribution in [3.63, 3.8) is 0 Å². The zero-order valence-electron chi connectivity index (χ0n) is 12.2. The first-order valence-corrected chi connectivity index (χ1v) is 7.60. The van der Waals surface area contributed by atoms with Crippen molar-refractivity contribution >= 4 is 17.4 Å². The number of carbonyl (C=O) groups excluding carboxylic acids is 1. The Balaban J connectivity index is 1.79. The summed E-state index contributed by atoms with van der Waals surface area (Å²) in [6, 6.07) is 11.7. The third-order valence-electron chi connectivity index (χ3n) is 3.03. The molecule has 0 saturated carbocycles. The fourth-order valence-corrected chi connectivity index (χ4v) is 2.73. The van der Waals surface area contributed by atoms with E-state index in [-0.39, 0.29) is 6.03 Å². The number of carbonyl (C=O) groups is 1. The van der Waals surface area contributed by atoms with E-state index in [0.717, 1.165) is 5.56 Å². The van der Waals surface area contributed by atoms with Gasteiger partial charge in [-0.2, -0.15) is 0 Å². The van der Waals surface area contributed by atoms with Gasteiger partial charge >= 0.3 is 6.03 Å². The van der Waals surface area contributed by atoms with E-state index >= 15 is 0 Å². The quantitative estimate of drug-likeness (QED) is 0.867. The molecule has 1 heterocycles. The maximum atomic E-state index is 11.9. The monoisotopic (exact) mass is 298 g/mol. The maximum Gasteiger partial charge on any atom is 0.318 e. The highest BCUT2D eigenvalue weighted by molar-refractivity contribution is 7.10. The molecule has 1 N–H and O–H groups in total. The van der Waals surface area contributed by atoms with Crippen LogP contribution >= 0.6 is 11.3 Å². The molecule has 0 aliphatic rings.